The number of rotatable bonds is 4. The largest absolute Gasteiger partial charge is 0.388 e. The third kappa shape index (κ3) is 3.11. The van der Waals surface area contributed by atoms with Crippen LogP contribution >= 0.6 is 0 Å². The van der Waals surface area contributed by atoms with Crippen molar-refractivity contribution in [2.75, 3.05) is 0 Å². The molecule has 0 aliphatic heterocycles. The summed E-state index contributed by atoms with van der Waals surface area (Å²) >= 11 is 0. The summed E-state index contributed by atoms with van der Waals surface area (Å²) in [5.74, 6) is 0.773. The van der Waals surface area contributed by atoms with Crippen molar-refractivity contribution in [1.82, 2.24) is 0 Å². The molecule has 2 heteroatoms. The Morgan fingerprint density at radius 3 is 2.50 bits per heavy atom. The molecule has 0 bridgehead atoms. The van der Waals surface area contributed by atoms with E-state index in [1.807, 2.05) is 0 Å². The fraction of sp³-hybridized carbons (Fsp3) is 0.625. The van der Waals surface area contributed by atoms with E-state index in [0.29, 0.717) is 5.56 Å². The molecule has 1 aromatic rings. The van der Waals surface area contributed by atoms with Gasteiger partial charge in [-0.2, -0.15) is 0 Å². The zero-order valence-corrected chi connectivity index (χ0v) is 11.1. The normalized spacial score (nSPS) is 25.9. The van der Waals surface area contributed by atoms with Gasteiger partial charge in [-0.15, -0.1) is 0 Å². The molecule has 1 fully saturated rings. The molecule has 0 amide bonds. The van der Waals surface area contributed by atoms with Crippen molar-refractivity contribution in [1.29, 1.82) is 0 Å². The Bertz CT molecular complexity index is 369. The fourth-order valence-corrected chi connectivity index (χ4v) is 3.17. The Morgan fingerprint density at radius 2 is 1.89 bits per heavy atom. The summed E-state index contributed by atoms with van der Waals surface area (Å²) in [6.45, 7) is 2.22. The Labute approximate surface area is 109 Å². The van der Waals surface area contributed by atoms with Crippen LogP contribution in [0.2, 0.25) is 0 Å². The Hall–Kier alpha value is -0.890. The standard InChI is InChI=1S/C16H23FO/c1-2-5-12-8-10-13(11-9-12)16(18)14-6-3-4-7-15(14)17/h3-4,6-7,12-13,16,18H,2,5,8-11H2,1H3. The Morgan fingerprint density at radius 1 is 1.22 bits per heavy atom. The van der Waals surface area contributed by atoms with E-state index in [4.69, 9.17) is 0 Å². The van der Waals surface area contributed by atoms with E-state index in [-0.39, 0.29) is 11.7 Å². The molecule has 0 radical (unpaired) electrons. The summed E-state index contributed by atoms with van der Waals surface area (Å²) in [6, 6.07) is 6.60. The lowest BCUT2D eigenvalue weighted by Gasteiger charge is -2.31. The molecule has 100 valence electrons. The molecule has 1 nitrogen and oxygen atoms in total. The van der Waals surface area contributed by atoms with Gasteiger partial charge in [-0.3, -0.25) is 0 Å². The summed E-state index contributed by atoms with van der Waals surface area (Å²) in [7, 11) is 0. The minimum absolute atomic E-state index is 0.231. The highest BCUT2D eigenvalue weighted by atomic mass is 19.1. The predicted molar refractivity (Wildman–Crippen MR) is 71.7 cm³/mol. The van der Waals surface area contributed by atoms with Crippen LogP contribution in [0.15, 0.2) is 24.3 Å². The van der Waals surface area contributed by atoms with Gasteiger partial charge in [0, 0.05) is 5.56 Å². The molecule has 0 aromatic heterocycles. The highest BCUT2D eigenvalue weighted by Gasteiger charge is 2.28. The second-order valence-corrected chi connectivity index (χ2v) is 5.54. The van der Waals surface area contributed by atoms with Gasteiger partial charge < -0.3 is 5.11 Å². The van der Waals surface area contributed by atoms with Crippen LogP contribution in [0, 0.1) is 17.7 Å². The lowest BCUT2D eigenvalue weighted by molar-refractivity contribution is 0.0694. The molecule has 2 rings (SSSR count). The minimum atomic E-state index is -0.631. The van der Waals surface area contributed by atoms with Gasteiger partial charge in [-0.05, 0) is 30.7 Å². The van der Waals surface area contributed by atoms with Gasteiger partial charge in [0.1, 0.15) is 5.82 Å². The molecule has 1 saturated carbocycles. The van der Waals surface area contributed by atoms with Crippen molar-refractivity contribution >= 4 is 0 Å². The maximum atomic E-state index is 13.6. The first kappa shape index (κ1) is 13.5. The lowest BCUT2D eigenvalue weighted by Crippen LogP contribution is -2.21. The second kappa shape index (κ2) is 6.33. The van der Waals surface area contributed by atoms with Crippen LogP contribution in [0.1, 0.15) is 57.1 Å². The molecule has 18 heavy (non-hydrogen) atoms. The van der Waals surface area contributed by atoms with Gasteiger partial charge in [-0.1, -0.05) is 50.8 Å². The quantitative estimate of drug-likeness (QED) is 0.836. The minimum Gasteiger partial charge on any atom is -0.388 e. The summed E-state index contributed by atoms with van der Waals surface area (Å²) in [5, 5.41) is 10.3. The maximum Gasteiger partial charge on any atom is 0.129 e. The van der Waals surface area contributed by atoms with Crippen LogP contribution in [-0.4, -0.2) is 5.11 Å². The second-order valence-electron chi connectivity index (χ2n) is 5.54. The molecule has 1 N–H and O–H groups in total. The van der Waals surface area contributed by atoms with Gasteiger partial charge >= 0.3 is 0 Å². The Kier molecular flexibility index (Phi) is 4.76. The molecule has 1 aliphatic rings. The molecule has 1 aliphatic carbocycles. The van der Waals surface area contributed by atoms with E-state index in [9.17, 15) is 9.50 Å². The number of benzene rings is 1. The Balaban J connectivity index is 1.95. The van der Waals surface area contributed by atoms with Crippen molar-refractivity contribution in [3.05, 3.63) is 35.6 Å². The molecule has 1 unspecified atom stereocenters. The van der Waals surface area contributed by atoms with E-state index < -0.39 is 6.10 Å². The van der Waals surface area contributed by atoms with Crippen molar-refractivity contribution in [2.24, 2.45) is 11.8 Å². The topological polar surface area (TPSA) is 20.2 Å². The van der Waals surface area contributed by atoms with Crippen LogP contribution < -0.4 is 0 Å². The fourth-order valence-electron chi connectivity index (χ4n) is 3.17. The molecule has 1 atom stereocenters. The van der Waals surface area contributed by atoms with Gasteiger partial charge in [0.2, 0.25) is 0 Å². The summed E-state index contributed by atoms with van der Waals surface area (Å²) in [4.78, 5) is 0. The number of halogens is 1. The molecule has 0 heterocycles. The first-order valence-electron chi connectivity index (χ1n) is 7.14. The van der Waals surface area contributed by atoms with E-state index in [1.54, 1.807) is 18.2 Å². The SMILES string of the molecule is CCCC1CCC(C(O)c2ccccc2F)CC1. The molecule has 0 saturated heterocycles. The first-order chi connectivity index (χ1) is 8.72. The molecular formula is C16H23FO. The number of hydrogen-bond donors (Lipinski definition) is 1. The summed E-state index contributed by atoms with van der Waals surface area (Å²) < 4.78 is 13.6. The van der Waals surface area contributed by atoms with Gasteiger partial charge in [0.25, 0.3) is 0 Å². The third-order valence-corrected chi connectivity index (χ3v) is 4.26. The predicted octanol–water partition coefficient (Wildman–Crippen LogP) is 4.47. The van der Waals surface area contributed by atoms with Gasteiger partial charge in [0.15, 0.2) is 0 Å². The molecular weight excluding hydrogens is 227 g/mol. The number of aliphatic hydroxyl groups excluding tert-OH is 1. The lowest BCUT2D eigenvalue weighted by atomic mass is 9.76. The van der Waals surface area contributed by atoms with E-state index in [2.05, 4.69) is 6.92 Å². The van der Waals surface area contributed by atoms with Crippen LogP contribution in [0.3, 0.4) is 0 Å². The van der Waals surface area contributed by atoms with Crippen molar-refractivity contribution in [2.45, 2.75) is 51.6 Å². The van der Waals surface area contributed by atoms with E-state index in [0.717, 1.165) is 18.8 Å². The van der Waals surface area contributed by atoms with Crippen LogP contribution in [-0.2, 0) is 0 Å². The average molecular weight is 250 g/mol. The van der Waals surface area contributed by atoms with E-state index in [1.165, 1.54) is 31.7 Å². The molecule has 1 aromatic carbocycles. The highest BCUT2D eigenvalue weighted by molar-refractivity contribution is 5.20. The maximum absolute atomic E-state index is 13.6. The summed E-state index contributed by atoms with van der Waals surface area (Å²) in [5.41, 5.74) is 0.469. The smallest absolute Gasteiger partial charge is 0.129 e. The number of hydrogen-bond acceptors (Lipinski definition) is 1. The van der Waals surface area contributed by atoms with Crippen LogP contribution in [0.5, 0.6) is 0 Å². The van der Waals surface area contributed by atoms with Crippen molar-refractivity contribution in [3.8, 4) is 0 Å². The zero-order chi connectivity index (χ0) is 13.0. The summed E-state index contributed by atoms with van der Waals surface area (Å²) in [6.07, 6.45) is 6.33. The average Bonchev–Trinajstić information content (AvgIpc) is 2.40. The zero-order valence-electron chi connectivity index (χ0n) is 11.1. The van der Waals surface area contributed by atoms with Crippen molar-refractivity contribution in [3.63, 3.8) is 0 Å². The number of aliphatic hydroxyl groups is 1. The third-order valence-electron chi connectivity index (χ3n) is 4.26. The highest BCUT2D eigenvalue weighted by Crippen LogP contribution is 2.38. The van der Waals surface area contributed by atoms with Crippen molar-refractivity contribution < 1.29 is 9.50 Å². The van der Waals surface area contributed by atoms with Gasteiger partial charge in [0.05, 0.1) is 6.10 Å². The van der Waals surface area contributed by atoms with Gasteiger partial charge in [-0.25, -0.2) is 4.39 Å². The molecule has 0 spiro atoms. The first-order valence-corrected chi connectivity index (χ1v) is 7.14. The van der Waals surface area contributed by atoms with Crippen LogP contribution in [0.4, 0.5) is 4.39 Å². The van der Waals surface area contributed by atoms with E-state index >= 15 is 0 Å². The van der Waals surface area contributed by atoms with Crippen LogP contribution in [0.25, 0.3) is 0 Å². The monoisotopic (exact) mass is 250 g/mol.